The van der Waals surface area contributed by atoms with Gasteiger partial charge in [-0.05, 0) is 32.0 Å². The molecule has 0 atom stereocenters. The zero-order valence-corrected chi connectivity index (χ0v) is 12.6. The van der Waals surface area contributed by atoms with Gasteiger partial charge >= 0.3 is 0 Å². The minimum absolute atomic E-state index is 0. The third kappa shape index (κ3) is 3.59. The van der Waals surface area contributed by atoms with E-state index in [1.807, 2.05) is 7.05 Å². The number of hydrogen-bond acceptors (Lipinski definition) is 1. The number of likely N-dealkylation sites (N-methyl/N-ethyl adjacent to an activating group) is 1. The third-order valence-electron chi connectivity index (χ3n) is 3.63. The van der Waals surface area contributed by atoms with Gasteiger partial charge in [0.05, 0.1) is 0 Å². The Morgan fingerprint density at radius 2 is 1.16 bits per heavy atom. The smallest absolute Gasteiger partial charge is 0.0266 e. The number of nitrogens with one attached hydrogen (secondary N) is 1. The summed E-state index contributed by atoms with van der Waals surface area (Å²) < 4.78 is 0. The van der Waals surface area contributed by atoms with E-state index in [0.29, 0.717) is 5.92 Å². The summed E-state index contributed by atoms with van der Waals surface area (Å²) in [7, 11) is 2.03. The molecule has 0 unspecified atom stereocenters. The van der Waals surface area contributed by atoms with Crippen molar-refractivity contribution in [1.29, 1.82) is 0 Å². The monoisotopic (exact) mass is 275 g/mol. The molecule has 1 nitrogen and oxygen atoms in total. The van der Waals surface area contributed by atoms with Crippen molar-refractivity contribution >= 4 is 12.4 Å². The third-order valence-corrected chi connectivity index (χ3v) is 3.63. The van der Waals surface area contributed by atoms with Gasteiger partial charge in [0.1, 0.15) is 0 Å². The van der Waals surface area contributed by atoms with E-state index in [9.17, 15) is 0 Å². The maximum Gasteiger partial charge on any atom is 0.0266 e. The summed E-state index contributed by atoms with van der Waals surface area (Å²) in [5.74, 6) is 0.352. The van der Waals surface area contributed by atoms with Gasteiger partial charge in [0.15, 0.2) is 0 Å². The Bertz CT molecular complexity index is 440. The molecule has 2 aromatic carbocycles. The van der Waals surface area contributed by atoms with Gasteiger partial charge in [0.2, 0.25) is 0 Å². The second-order valence-electron chi connectivity index (χ2n) is 5.23. The lowest BCUT2D eigenvalue weighted by Crippen LogP contribution is -2.42. The molecule has 0 aliphatic rings. The van der Waals surface area contributed by atoms with Crippen molar-refractivity contribution < 1.29 is 0 Å². The molecule has 0 fully saturated rings. The quantitative estimate of drug-likeness (QED) is 0.880. The molecule has 0 spiro atoms. The maximum absolute atomic E-state index is 3.44. The molecule has 0 radical (unpaired) electrons. The first-order valence-corrected chi connectivity index (χ1v) is 6.44. The number of rotatable bonds is 4. The highest BCUT2D eigenvalue weighted by Gasteiger charge is 2.30. The molecule has 102 valence electrons. The predicted octanol–water partition coefficient (Wildman–Crippen LogP) is 4.24. The first kappa shape index (κ1) is 15.7. The van der Waals surface area contributed by atoms with Crippen LogP contribution >= 0.6 is 12.4 Å². The minimum Gasteiger partial charge on any atom is -0.314 e. The van der Waals surface area contributed by atoms with E-state index in [1.165, 1.54) is 11.1 Å². The fourth-order valence-electron chi connectivity index (χ4n) is 2.46. The van der Waals surface area contributed by atoms with Crippen LogP contribution in [0.4, 0.5) is 0 Å². The molecule has 2 heteroatoms. The second-order valence-corrected chi connectivity index (χ2v) is 5.23. The van der Waals surface area contributed by atoms with Crippen LogP contribution in [0.25, 0.3) is 0 Å². The molecule has 19 heavy (non-hydrogen) atoms. The fraction of sp³-hybridized carbons (Fsp3) is 0.294. The minimum atomic E-state index is 0. The van der Waals surface area contributed by atoms with Crippen molar-refractivity contribution in [1.82, 2.24) is 5.32 Å². The Kier molecular flexibility index (Phi) is 5.59. The van der Waals surface area contributed by atoms with Gasteiger partial charge in [0.25, 0.3) is 0 Å². The normalized spacial score (nSPS) is 11.2. The summed E-state index contributed by atoms with van der Waals surface area (Å²) in [6.45, 7) is 4.50. The molecule has 0 aliphatic carbocycles. The van der Waals surface area contributed by atoms with Crippen LogP contribution in [0.5, 0.6) is 0 Å². The topological polar surface area (TPSA) is 12.0 Å². The Labute approximate surface area is 122 Å². The van der Waals surface area contributed by atoms with Crippen molar-refractivity contribution in [2.75, 3.05) is 7.05 Å². The highest BCUT2D eigenvalue weighted by Crippen LogP contribution is 2.34. The van der Waals surface area contributed by atoms with Gasteiger partial charge in [-0.25, -0.2) is 0 Å². The average Bonchev–Trinajstić information content (AvgIpc) is 2.41. The van der Waals surface area contributed by atoms with E-state index in [-0.39, 0.29) is 17.9 Å². The highest BCUT2D eigenvalue weighted by molar-refractivity contribution is 5.85. The van der Waals surface area contributed by atoms with Crippen molar-refractivity contribution in [3.63, 3.8) is 0 Å². The molecule has 0 saturated heterocycles. The molecule has 0 aromatic heterocycles. The molecule has 0 saturated carbocycles. The predicted molar refractivity (Wildman–Crippen MR) is 85.1 cm³/mol. The van der Waals surface area contributed by atoms with Crippen LogP contribution in [0.1, 0.15) is 30.9 Å². The lowest BCUT2D eigenvalue weighted by molar-refractivity contribution is 0.377. The first-order chi connectivity index (χ1) is 8.65. The van der Waals surface area contributed by atoms with Gasteiger partial charge in [-0.1, -0.05) is 60.7 Å². The Balaban J connectivity index is 0.00000180. The summed E-state index contributed by atoms with van der Waals surface area (Å²) >= 11 is 0. The van der Waals surface area contributed by atoms with E-state index in [1.54, 1.807) is 0 Å². The van der Waals surface area contributed by atoms with Crippen LogP contribution in [0.2, 0.25) is 0 Å². The molecular weight excluding hydrogens is 254 g/mol. The molecule has 2 aromatic rings. The van der Waals surface area contributed by atoms with Gasteiger partial charge < -0.3 is 5.32 Å². The number of benzene rings is 2. The van der Waals surface area contributed by atoms with Crippen molar-refractivity contribution in [3.8, 4) is 0 Å². The zero-order chi connectivity index (χ0) is 13.0. The second kappa shape index (κ2) is 6.74. The van der Waals surface area contributed by atoms with Gasteiger partial charge in [0, 0.05) is 11.5 Å². The molecule has 1 N–H and O–H groups in total. The summed E-state index contributed by atoms with van der Waals surface area (Å²) in [6, 6.07) is 21.4. The average molecular weight is 276 g/mol. The Morgan fingerprint density at radius 3 is 1.47 bits per heavy atom. The van der Waals surface area contributed by atoms with E-state index in [0.717, 1.165) is 0 Å². The van der Waals surface area contributed by atoms with Crippen LogP contribution < -0.4 is 5.32 Å². The largest absolute Gasteiger partial charge is 0.314 e. The van der Waals surface area contributed by atoms with Gasteiger partial charge in [-0.2, -0.15) is 0 Å². The summed E-state index contributed by atoms with van der Waals surface area (Å²) in [5.41, 5.74) is 2.72. The maximum atomic E-state index is 3.44. The van der Waals surface area contributed by atoms with Gasteiger partial charge in [-0.15, -0.1) is 12.4 Å². The van der Waals surface area contributed by atoms with Crippen LogP contribution in [-0.4, -0.2) is 12.6 Å². The van der Waals surface area contributed by atoms with Crippen molar-refractivity contribution in [2.24, 2.45) is 0 Å². The standard InChI is InChI=1S/C17H21N.ClH/c1-17(2,18-3)16(14-10-6-4-7-11-14)15-12-8-5-9-13-15;/h4-13,16,18H,1-3H3;1H. The van der Waals surface area contributed by atoms with E-state index >= 15 is 0 Å². The van der Waals surface area contributed by atoms with Crippen molar-refractivity contribution in [2.45, 2.75) is 25.3 Å². The van der Waals surface area contributed by atoms with Crippen LogP contribution in [0.3, 0.4) is 0 Å². The van der Waals surface area contributed by atoms with E-state index in [4.69, 9.17) is 0 Å². The van der Waals surface area contributed by atoms with Crippen LogP contribution in [-0.2, 0) is 0 Å². The SMILES string of the molecule is CNC(C)(C)C(c1ccccc1)c1ccccc1.Cl. The molecular formula is C17H22ClN. The van der Waals surface area contributed by atoms with E-state index < -0.39 is 0 Å². The highest BCUT2D eigenvalue weighted by atomic mass is 35.5. The Morgan fingerprint density at radius 1 is 0.789 bits per heavy atom. The summed E-state index contributed by atoms with van der Waals surface area (Å²) in [4.78, 5) is 0. The lowest BCUT2D eigenvalue weighted by Gasteiger charge is -2.35. The van der Waals surface area contributed by atoms with Crippen LogP contribution in [0.15, 0.2) is 60.7 Å². The number of hydrogen-bond donors (Lipinski definition) is 1. The fourth-order valence-corrected chi connectivity index (χ4v) is 2.46. The summed E-state index contributed by atoms with van der Waals surface area (Å²) in [5, 5.41) is 3.44. The molecule has 0 heterocycles. The first-order valence-electron chi connectivity index (χ1n) is 6.44. The molecule has 0 aliphatic heterocycles. The molecule has 2 rings (SSSR count). The number of halogens is 1. The molecule has 0 bridgehead atoms. The molecule has 0 amide bonds. The Hall–Kier alpha value is -1.31. The van der Waals surface area contributed by atoms with Crippen LogP contribution in [0, 0.1) is 0 Å². The summed E-state index contributed by atoms with van der Waals surface area (Å²) in [6.07, 6.45) is 0. The zero-order valence-electron chi connectivity index (χ0n) is 11.8. The van der Waals surface area contributed by atoms with E-state index in [2.05, 4.69) is 79.8 Å². The lowest BCUT2D eigenvalue weighted by atomic mass is 9.77. The van der Waals surface area contributed by atoms with Gasteiger partial charge in [-0.3, -0.25) is 0 Å². The van der Waals surface area contributed by atoms with Crippen molar-refractivity contribution in [3.05, 3.63) is 71.8 Å².